The predicted molar refractivity (Wildman–Crippen MR) is 67.6 cm³/mol. The van der Waals surface area contributed by atoms with Crippen LogP contribution in [0.3, 0.4) is 0 Å². The Balaban J connectivity index is 1.63. The van der Waals surface area contributed by atoms with E-state index in [1.54, 1.807) is 6.07 Å². The minimum Gasteiger partial charge on any atom is -0.459 e. The van der Waals surface area contributed by atoms with Crippen molar-refractivity contribution >= 4 is 5.91 Å². The molecular formula is C13H20N2O3. The first-order chi connectivity index (χ1) is 8.77. The molecule has 2 heterocycles. The standard InChI is InChI=1S/C13H20N2O3/c1-10-4-8-18-12(10)13(16)15-7-9-17-11-2-5-14-6-3-11/h4,8,11,14H,2-3,5-7,9H2,1H3,(H,15,16). The largest absolute Gasteiger partial charge is 0.459 e. The maximum Gasteiger partial charge on any atom is 0.287 e. The fourth-order valence-corrected chi connectivity index (χ4v) is 2.04. The number of hydrogen-bond donors (Lipinski definition) is 2. The highest BCUT2D eigenvalue weighted by molar-refractivity contribution is 5.92. The van der Waals surface area contributed by atoms with Crippen LogP contribution in [-0.4, -0.2) is 38.3 Å². The summed E-state index contributed by atoms with van der Waals surface area (Å²) < 4.78 is 10.8. The third-order valence-electron chi connectivity index (χ3n) is 3.10. The van der Waals surface area contributed by atoms with Gasteiger partial charge in [0.15, 0.2) is 5.76 Å². The van der Waals surface area contributed by atoms with Crippen molar-refractivity contribution in [2.75, 3.05) is 26.2 Å². The summed E-state index contributed by atoms with van der Waals surface area (Å²) >= 11 is 0. The molecule has 5 nitrogen and oxygen atoms in total. The average Bonchev–Trinajstić information content (AvgIpc) is 2.82. The third kappa shape index (κ3) is 3.58. The Morgan fingerprint density at radius 2 is 2.33 bits per heavy atom. The van der Waals surface area contributed by atoms with Crippen molar-refractivity contribution in [2.24, 2.45) is 0 Å². The molecule has 1 aliphatic heterocycles. The summed E-state index contributed by atoms with van der Waals surface area (Å²) in [6.07, 6.45) is 3.94. The molecule has 5 heteroatoms. The smallest absolute Gasteiger partial charge is 0.287 e. The first-order valence-corrected chi connectivity index (χ1v) is 6.42. The number of nitrogens with one attached hydrogen (secondary N) is 2. The number of amides is 1. The number of ether oxygens (including phenoxy) is 1. The van der Waals surface area contributed by atoms with Crippen LogP contribution in [0, 0.1) is 6.92 Å². The Labute approximate surface area is 107 Å². The number of piperidine rings is 1. The van der Waals surface area contributed by atoms with Crippen molar-refractivity contribution in [3.05, 3.63) is 23.7 Å². The van der Waals surface area contributed by atoms with Crippen LogP contribution in [0.15, 0.2) is 16.7 Å². The minimum absolute atomic E-state index is 0.175. The first kappa shape index (κ1) is 13.1. The fraction of sp³-hybridized carbons (Fsp3) is 0.615. The topological polar surface area (TPSA) is 63.5 Å². The lowest BCUT2D eigenvalue weighted by atomic mass is 10.1. The summed E-state index contributed by atoms with van der Waals surface area (Å²) in [5.41, 5.74) is 0.853. The molecule has 1 amide bonds. The zero-order chi connectivity index (χ0) is 12.8. The molecule has 1 saturated heterocycles. The fourth-order valence-electron chi connectivity index (χ4n) is 2.04. The summed E-state index contributed by atoms with van der Waals surface area (Å²) in [5, 5.41) is 6.08. The molecule has 0 aromatic carbocycles. The molecule has 0 bridgehead atoms. The SMILES string of the molecule is Cc1ccoc1C(=O)NCCOC1CCNCC1. The van der Waals surface area contributed by atoms with Crippen LogP contribution < -0.4 is 10.6 Å². The van der Waals surface area contributed by atoms with Crippen LogP contribution in [0.2, 0.25) is 0 Å². The van der Waals surface area contributed by atoms with E-state index >= 15 is 0 Å². The molecule has 0 spiro atoms. The van der Waals surface area contributed by atoms with Gasteiger partial charge in [0.05, 0.1) is 19.0 Å². The zero-order valence-corrected chi connectivity index (χ0v) is 10.7. The van der Waals surface area contributed by atoms with Crippen molar-refractivity contribution in [2.45, 2.75) is 25.9 Å². The molecule has 2 rings (SSSR count). The first-order valence-electron chi connectivity index (χ1n) is 6.42. The maximum atomic E-state index is 11.7. The van der Waals surface area contributed by atoms with E-state index in [9.17, 15) is 4.79 Å². The van der Waals surface area contributed by atoms with E-state index in [0.29, 0.717) is 25.0 Å². The van der Waals surface area contributed by atoms with Crippen molar-refractivity contribution < 1.29 is 13.9 Å². The number of carbonyl (C=O) groups is 1. The van der Waals surface area contributed by atoms with Gasteiger partial charge in [-0.15, -0.1) is 0 Å². The maximum absolute atomic E-state index is 11.7. The average molecular weight is 252 g/mol. The molecule has 0 atom stereocenters. The molecule has 1 aromatic rings. The second-order valence-electron chi connectivity index (χ2n) is 4.51. The van der Waals surface area contributed by atoms with E-state index < -0.39 is 0 Å². The highest BCUT2D eigenvalue weighted by Gasteiger charge is 2.14. The Bertz CT molecular complexity index is 383. The second kappa shape index (κ2) is 6.56. The molecule has 1 fully saturated rings. The summed E-state index contributed by atoms with van der Waals surface area (Å²) in [4.78, 5) is 11.7. The van der Waals surface area contributed by atoms with Crippen molar-refractivity contribution in [1.29, 1.82) is 0 Å². The van der Waals surface area contributed by atoms with Gasteiger partial charge in [-0.05, 0) is 38.9 Å². The number of furan rings is 1. The lowest BCUT2D eigenvalue weighted by Crippen LogP contribution is -2.34. The lowest BCUT2D eigenvalue weighted by Gasteiger charge is -2.22. The van der Waals surface area contributed by atoms with Gasteiger partial charge >= 0.3 is 0 Å². The minimum atomic E-state index is -0.175. The molecule has 0 aliphatic carbocycles. The molecule has 0 saturated carbocycles. The van der Waals surface area contributed by atoms with Crippen molar-refractivity contribution in [1.82, 2.24) is 10.6 Å². The molecule has 0 radical (unpaired) electrons. The van der Waals surface area contributed by atoms with Crippen LogP contribution in [-0.2, 0) is 4.74 Å². The molecule has 1 aromatic heterocycles. The normalized spacial score (nSPS) is 16.7. The van der Waals surface area contributed by atoms with Crippen molar-refractivity contribution in [3.63, 3.8) is 0 Å². The Morgan fingerprint density at radius 3 is 3.00 bits per heavy atom. The van der Waals surface area contributed by atoms with Crippen LogP contribution in [0.1, 0.15) is 29.0 Å². The third-order valence-corrected chi connectivity index (χ3v) is 3.10. The van der Waals surface area contributed by atoms with Gasteiger partial charge < -0.3 is 19.8 Å². The van der Waals surface area contributed by atoms with E-state index in [1.807, 2.05) is 6.92 Å². The number of carbonyl (C=O) groups excluding carboxylic acids is 1. The van der Waals surface area contributed by atoms with E-state index in [4.69, 9.17) is 9.15 Å². The van der Waals surface area contributed by atoms with Crippen LogP contribution >= 0.6 is 0 Å². The van der Waals surface area contributed by atoms with Gasteiger partial charge in [0.25, 0.3) is 5.91 Å². The molecule has 1 aliphatic rings. The summed E-state index contributed by atoms with van der Waals surface area (Å²) in [6, 6.07) is 1.78. The predicted octanol–water partition coefficient (Wildman–Crippen LogP) is 1.09. The van der Waals surface area contributed by atoms with Crippen LogP contribution in [0.25, 0.3) is 0 Å². The summed E-state index contributed by atoms with van der Waals surface area (Å²) in [5.74, 6) is 0.211. The lowest BCUT2D eigenvalue weighted by molar-refractivity contribution is 0.0341. The molecule has 0 unspecified atom stereocenters. The number of hydrogen-bond acceptors (Lipinski definition) is 4. The van der Waals surface area contributed by atoms with Gasteiger partial charge in [-0.3, -0.25) is 4.79 Å². The van der Waals surface area contributed by atoms with Crippen molar-refractivity contribution in [3.8, 4) is 0 Å². The van der Waals surface area contributed by atoms with Gasteiger partial charge in [-0.1, -0.05) is 0 Å². The highest BCUT2D eigenvalue weighted by atomic mass is 16.5. The molecular weight excluding hydrogens is 232 g/mol. The van der Waals surface area contributed by atoms with Crippen LogP contribution in [0.4, 0.5) is 0 Å². The number of rotatable bonds is 5. The van der Waals surface area contributed by atoms with Gasteiger partial charge in [0, 0.05) is 12.1 Å². The monoisotopic (exact) mass is 252 g/mol. The Hall–Kier alpha value is -1.33. The zero-order valence-electron chi connectivity index (χ0n) is 10.7. The van der Waals surface area contributed by atoms with Crippen LogP contribution in [0.5, 0.6) is 0 Å². The van der Waals surface area contributed by atoms with Gasteiger partial charge in [0.1, 0.15) is 0 Å². The highest BCUT2D eigenvalue weighted by Crippen LogP contribution is 2.08. The van der Waals surface area contributed by atoms with E-state index in [2.05, 4.69) is 10.6 Å². The van der Waals surface area contributed by atoms with Gasteiger partial charge in [-0.2, -0.15) is 0 Å². The summed E-state index contributed by atoms with van der Waals surface area (Å²) in [6.45, 7) is 4.95. The van der Waals surface area contributed by atoms with Gasteiger partial charge in [0.2, 0.25) is 0 Å². The van der Waals surface area contributed by atoms with E-state index in [-0.39, 0.29) is 5.91 Å². The van der Waals surface area contributed by atoms with E-state index in [0.717, 1.165) is 31.5 Å². The molecule has 2 N–H and O–H groups in total. The van der Waals surface area contributed by atoms with E-state index in [1.165, 1.54) is 6.26 Å². The Kier molecular flexibility index (Phi) is 4.78. The number of aryl methyl sites for hydroxylation is 1. The molecule has 100 valence electrons. The quantitative estimate of drug-likeness (QED) is 0.770. The second-order valence-corrected chi connectivity index (χ2v) is 4.51. The van der Waals surface area contributed by atoms with Gasteiger partial charge in [-0.25, -0.2) is 0 Å². The summed E-state index contributed by atoms with van der Waals surface area (Å²) in [7, 11) is 0. The molecule has 18 heavy (non-hydrogen) atoms. The Morgan fingerprint density at radius 1 is 1.56 bits per heavy atom.